The molecule has 1 atom stereocenters. The SMILES string of the molecule is NC[C@H]1CCCCN1c1cc(Cl)ncn1. The smallest absolute Gasteiger partial charge is 0.134 e. The Hall–Kier alpha value is -0.870. The van der Waals surface area contributed by atoms with Crippen molar-refractivity contribution in [1.82, 2.24) is 9.97 Å². The third kappa shape index (κ3) is 2.38. The highest BCUT2D eigenvalue weighted by Gasteiger charge is 2.22. The highest BCUT2D eigenvalue weighted by atomic mass is 35.5. The third-order valence-corrected chi connectivity index (χ3v) is 3.02. The van der Waals surface area contributed by atoms with Gasteiger partial charge in [-0.2, -0.15) is 0 Å². The quantitative estimate of drug-likeness (QED) is 0.776. The number of hydrogen-bond acceptors (Lipinski definition) is 4. The number of rotatable bonds is 2. The van der Waals surface area contributed by atoms with E-state index in [0.29, 0.717) is 17.7 Å². The summed E-state index contributed by atoms with van der Waals surface area (Å²) in [7, 11) is 0. The van der Waals surface area contributed by atoms with Crippen LogP contribution in [0, 0.1) is 0 Å². The molecule has 2 N–H and O–H groups in total. The first-order valence-corrected chi connectivity index (χ1v) is 5.63. The zero-order valence-electron chi connectivity index (χ0n) is 8.56. The van der Waals surface area contributed by atoms with Crippen molar-refractivity contribution in [2.45, 2.75) is 25.3 Å². The Morgan fingerprint density at radius 3 is 3.07 bits per heavy atom. The number of aromatic nitrogens is 2. The van der Waals surface area contributed by atoms with E-state index in [-0.39, 0.29) is 0 Å². The molecule has 5 heteroatoms. The molecule has 82 valence electrons. The van der Waals surface area contributed by atoms with Gasteiger partial charge in [0.15, 0.2) is 0 Å². The van der Waals surface area contributed by atoms with Crippen LogP contribution in [-0.2, 0) is 0 Å². The summed E-state index contributed by atoms with van der Waals surface area (Å²) in [6.07, 6.45) is 5.08. The lowest BCUT2D eigenvalue weighted by Gasteiger charge is -2.35. The van der Waals surface area contributed by atoms with Crippen molar-refractivity contribution in [3.8, 4) is 0 Å². The molecule has 1 aromatic heterocycles. The predicted octanol–water partition coefficient (Wildman–Crippen LogP) is 1.45. The van der Waals surface area contributed by atoms with Crippen molar-refractivity contribution in [3.05, 3.63) is 17.5 Å². The number of nitrogens with two attached hydrogens (primary N) is 1. The summed E-state index contributed by atoms with van der Waals surface area (Å²) in [5, 5.41) is 0.487. The lowest BCUT2D eigenvalue weighted by Crippen LogP contribution is -2.44. The van der Waals surface area contributed by atoms with Crippen LogP contribution in [0.1, 0.15) is 19.3 Å². The molecule has 0 spiro atoms. The summed E-state index contributed by atoms with van der Waals surface area (Å²) in [4.78, 5) is 10.4. The molecule has 0 aliphatic carbocycles. The largest absolute Gasteiger partial charge is 0.352 e. The fourth-order valence-corrected chi connectivity index (χ4v) is 2.17. The normalized spacial score (nSPS) is 21.7. The van der Waals surface area contributed by atoms with Crippen molar-refractivity contribution in [2.75, 3.05) is 18.0 Å². The number of piperidine rings is 1. The van der Waals surface area contributed by atoms with Crippen LogP contribution in [0.15, 0.2) is 12.4 Å². The van der Waals surface area contributed by atoms with E-state index in [9.17, 15) is 0 Å². The van der Waals surface area contributed by atoms with Gasteiger partial charge in [0.05, 0.1) is 0 Å². The molecule has 2 rings (SSSR count). The Bertz CT molecular complexity index is 331. The van der Waals surface area contributed by atoms with E-state index in [2.05, 4.69) is 14.9 Å². The van der Waals surface area contributed by atoms with Crippen molar-refractivity contribution >= 4 is 17.4 Å². The summed E-state index contributed by atoms with van der Waals surface area (Å²) in [5.74, 6) is 0.894. The van der Waals surface area contributed by atoms with E-state index in [1.165, 1.54) is 19.2 Å². The minimum Gasteiger partial charge on any atom is -0.352 e. The Kier molecular flexibility index (Phi) is 3.38. The molecular weight excluding hydrogens is 212 g/mol. The van der Waals surface area contributed by atoms with Gasteiger partial charge in [-0.25, -0.2) is 9.97 Å². The van der Waals surface area contributed by atoms with Crippen molar-refractivity contribution in [1.29, 1.82) is 0 Å². The Labute approximate surface area is 94.5 Å². The van der Waals surface area contributed by atoms with E-state index in [1.807, 2.05) is 0 Å². The number of halogens is 1. The zero-order valence-corrected chi connectivity index (χ0v) is 9.32. The number of nitrogens with zero attached hydrogens (tertiary/aromatic N) is 3. The summed E-state index contributed by atoms with van der Waals surface area (Å²) in [5.41, 5.74) is 5.75. The molecule has 15 heavy (non-hydrogen) atoms. The van der Waals surface area contributed by atoms with Gasteiger partial charge < -0.3 is 10.6 Å². The fourth-order valence-electron chi connectivity index (χ4n) is 2.03. The molecule has 0 aromatic carbocycles. The zero-order chi connectivity index (χ0) is 10.7. The van der Waals surface area contributed by atoms with Gasteiger partial charge in [0, 0.05) is 25.2 Å². The highest BCUT2D eigenvalue weighted by molar-refractivity contribution is 6.29. The van der Waals surface area contributed by atoms with Gasteiger partial charge in [-0.1, -0.05) is 11.6 Å². The van der Waals surface area contributed by atoms with Crippen LogP contribution in [0.3, 0.4) is 0 Å². The van der Waals surface area contributed by atoms with Gasteiger partial charge in [-0.3, -0.25) is 0 Å². The van der Waals surface area contributed by atoms with Gasteiger partial charge in [-0.05, 0) is 19.3 Å². The first-order chi connectivity index (χ1) is 7.31. The molecule has 0 saturated carbocycles. The summed E-state index contributed by atoms with van der Waals surface area (Å²) >= 11 is 5.85. The highest BCUT2D eigenvalue weighted by Crippen LogP contribution is 2.23. The van der Waals surface area contributed by atoms with Crippen LogP contribution in [0.4, 0.5) is 5.82 Å². The van der Waals surface area contributed by atoms with Crippen LogP contribution < -0.4 is 10.6 Å². The molecule has 1 aliphatic rings. The number of hydrogen-bond donors (Lipinski definition) is 1. The molecule has 1 aliphatic heterocycles. The number of anilines is 1. The summed E-state index contributed by atoms with van der Waals surface area (Å²) in [6.45, 7) is 1.68. The Morgan fingerprint density at radius 2 is 2.33 bits per heavy atom. The average Bonchev–Trinajstić information content (AvgIpc) is 2.29. The lowest BCUT2D eigenvalue weighted by molar-refractivity contribution is 0.462. The van der Waals surface area contributed by atoms with Crippen molar-refractivity contribution in [2.24, 2.45) is 5.73 Å². The Balaban J connectivity index is 2.20. The molecule has 1 fully saturated rings. The van der Waals surface area contributed by atoms with Gasteiger partial charge in [0.1, 0.15) is 17.3 Å². The minimum atomic E-state index is 0.393. The van der Waals surface area contributed by atoms with E-state index in [4.69, 9.17) is 17.3 Å². The maximum absolute atomic E-state index is 5.85. The molecule has 0 bridgehead atoms. The first-order valence-electron chi connectivity index (χ1n) is 5.25. The van der Waals surface area contributed by atoms with E-state index < -0.39 is 0 Å². The molecule has 2 heterocycles. The molecule has 1 saturated heterocycles. The van der Waals surface area contributed by atoms with Gasteiger partial charge in [0.2, 0.25) is 0 Å². The second kappa shape index (κ2) is 4.77. The van der Waals surface area contributed by atoms with Crippen LogP contribution in [-0.4, -0.2) is 29.1 Å². The topological polar surface area (TPSA) is 55.0 Å². The first kappa shape index (κ1) is 10.6. The monoisotopic (exact) mass is 226 g/mol. The molecular formula is C10H15ClN4. The van der Waals surface area contributed by atoms with E-state index in [0.717, 1.165) is 18.8 Å². The molecule has 1 aromatic rings. The van der Waals surface area contributed by atoms with Crippen LogP contribution in [0.2, 0.25) is 5.15 Å². The van der Waals surface area contributed by atoms with Crippen LogP contribution in [0.25, 0.3) is 0 Å². The minimum absolute atomic E-state index is 0.393. The summed E-state index contributed by atoms with van der Waals surface area (Å²) < 4.78 is 0. The third-order valence-electron chi connectivity index (χ3n) is 2.81. The van der Waals surface area contributed by atoms with Crippen LogP contribution >= 0.6 is 11.6 Å². The standard InChI is InChI=1S/C10H15ClN4/c11-9-5-10(14-7-13-9)15-4-2-1-3-8(15)6-12/h5,7-8H,1-4,6,12H2/t8-/m1/s1. The fraction of sp³-hybridized carbons (Fsp3) is 0.600. The second-order valence-electron chi connectivity index (χ2n) is 3.78. The van der Waals surface area contributed by atoms with Gasteiger partial charge >= 0.3 is 0 Å². The molecule has 0 unspecified atom stereocenters. The molecule has 0 amide bonds. The van der Waals surface area contributed by atoms with Gasteiger partial charge in [-0.15, -0.1) is 0 Å². The Morgan fingerprint density at radius 1 is 1.47 bits per heavy atom. The molecule has 0 radical (unpaired) electrons. The maximum Gasteiger partial charge on any atom is 0.134 e. The average molecular weight is 227 g/mol. The van der Waals surface area contributed by atoms with E-state index >= 15 is 0 Å². The van der Waals surface area contributed by atoms with Crippen LogP contribution in [0.5, 0.6) is 0 Å². The second-order valence-corrected chi connectivity index (χ2v) is 4.16. The van der Waals surface area contributed by atoms with Gasteiger partial charge in [0.25, 0.3) is 0 Å². The molecule has 4 nitrogen and oxygen atoms in total. The lowest BCUT2D eigenvalue weighted by atomic mass is 10.0. The van der Waals surface area contributed by atoms with Crippen molar-refractivity contribution in [3.63, 3.8) is 0 Å². The predicted molar refractivity (Wildman–Crippen MR) is 61.1 cm³/mol. The van der Waals surface area contributed by atoms with Crippen molar-refractivity contribution < 1.29 is 0 Å². The maximum atomic E-state index is 5.85. The van der Waals surface area contributed by atoms with E-state index in [1.54, 1.807) is 6.07 Å². The summed E-state index contributed by atoms with van der Waals surface area (Å²) in [6, 6.07) is 2.19.